The number of halogens is 1. The molecule has 0 aromatic heterocycles. The standard InChI is InChI=1S/C19H19ClN2O3S/c20-16-5-1-13(2-6-16)12-26(24,25)21-17-7-8-18-15(11-17)9-10-22(18)19(23)14-3-4-14/h1-2,5-8,11,14,21H,3-4,9-10,12H2. The summed E-state index contributed by atoms with van der Waals surface area (Å²) < 4.78 is 27.5. The minimum Gasteiger partial charge on any atom is -0.312 e. The van der Waals surface area contributed by atoms with Gasteiger partial charge in [0.2, 0.25) is 15.9 Å². The number of carbonyl (C=O) groups excluding carboxylic acids is 1. The van der Waals surface area contributed by atoms with E-state index in [1.54, 1.807) is 30.3 Å². The van der Waals surface area contributed by atoms with Crippen LogP contribution < -0.4 is 9.62 Å². The van der Waals surface area contributed by atoms with Crippen molar-refractivity contribution in [3.05, 3.63) is 58.6 Å². The number of carbonyl (C=O) groups is 1. The molecular weight excluding hydrogens is 372 g/mol. The van der Waals surface area contributed by atoms with Crippen LogP contribution in [0.3, 0.4) is 0 Å². The van der Waals surface area contributed by atoms with Crippen LogP contribution in [-0.4, -0.2) is 20.9 Å². The fraction of sp³-hybridized carbons (Fsp3) is 0.316. The third-order valence-corrected chi connectivity index (χ3v) is 6.22. The molecule has 5 nitrogen and oxygen atoms in total. The zero-order valence-corrected chi connectivity index (χ0v) is 15.7. The second-order valence-electron chi connectivity index (χ2n) is 6.85. The number of hydrogen-bond donors (Lipinski definition) is 1. The lowest BCUT2D eigenvalue weighted by Gasteiger charge is -2.17. The topological polar surface area (TPSA) is 66.5 Å². The lowest BCUT2D eigenvalue weighted by atomic mass is 10.1. The summed E-state index contributed by atoms with van der Waals surface area (Å²) in [5, 5.41) is 0.572. The molecule has 1 aliphatic carbocycles. The van der Waals surface area contributed by atoms with Crippen LogP contribution in [0.2, 0.25) is 5.02 Å². The molecule has 1 fully saturated rings. The Morgan fingerprint density at radius 1 is 1.15 bits per heavy atom. The van der Waals surface area contributed by atoms with Crippen molar-refractivity contribution in [2.75, 3.05) is 16.2 Å². The Bertz CT molecular complexity index is 953. The number of benzene rings is 2. The predicted octanol–water partition coefficient (Wildman–Crippen LogP) is 3.58. The molecule has 0 radical (unpaired) electrons. The fourth-order valence-corrected chi connectivity index (χ4v) is 4.58. The fourth-order valence-electron chi connectivity index (χ4n) is 3.26. The first kappa shape index (κ1) is 17.4. The molecule has 1 saturated carbocycles. The summed E-state index contributed by atoms with van der Waals surface area (Å²) in [5.74, 6) is 0.256. The molecular formula is C19H19ClN2O3S. The molecule has 1 aliphatic heterocycles. The van der Waals surface area contributed by atoms with Crippen molar-refractivity contribution >= 4 is 38.9 Å². The first-order valence-electron chi connectivity index (χ1n) is 8.60. The number of hydrogen-bond acceptors (Lipinski definition) is 3. The van der Waals surface area contributed by atoms with Crippen LogP contribution in [0.15, 0.2) is 42.5 Å². The van der Waals surface area contributed by atoms with Crippen LogP contribution in [0.1, 0.15) is 24.0 Å². The van der Waals surface area contributed by atoms with Crippen molar-refractivity contribution < 1.29 is 13.2 Å². The number of amides is 1. The van der Waals surface area contributed by atoms with Gasteiger partial charge in [0.25, 0.3) is 0 Å². The van der Waals surface area contributed by atoms with Gasteiger partial charge in [-0.3, -0.25) is 9.52 Å². The maximum atomic E-state index is 12.4. The molecule has 2 aromatic carbocycles. The Morgan fingerprint density at radius 3 is 2.58 bits per heavy atom. The molecule has 0 bridgehead atoms. The summed E-state index contributed by atoms with van der Waals surface area (Å²) in [5.41, 5.74) is 3.11. The van der Waals surface area contributed by atoms with Crippen LogP contribution in [0.25, 0.3) is 0 Å². The van der Waals surface area contributed by atoms with Gasteiger partial charge in [-0.2, -0.15) is 0 Å². The number of rotatable bonds is 5. The van der Waals surface area contributed by atoms with E-state index < -0.39 is 10.0 Å². The number of anilines is 2. The van der Waals surface area contributed by atoms with E-state index in [0.29, 0.717) is 22.8 Å². The molecule has 7 heteroatoms. The van der Waals surface area contributed by atoms with Gasteiger partial charge < -0.3 is 4.90 Å². The van der Waals surface area contributed by atoms with Crippen molar-refractivity contribution in [2.24, 2.45) is 5.92 Å². The van der Waals surface area contributed by atoms with Gasteiger partial charge in [0, 0.05) is 28.9 Å². The third-order valence-electron chi connectivity index (χ3n) is 4.71. The van der Waals surface area contributed by atoms with Gasteiger partial charge in [-0.15, -0.1) is 0 Å². The smallest absolute Gasteiger partial charge is 0.236 e. The average molecular weight is 391 g/mol. The van der Waals surface area contributed by atoms with Gasteiger partial charge in [-0.1, -0.05) is 23.7 Å². The monoisotopic (exact) mass is 390 g/mol. The van der Waals surface area contributed by atoms with E-state index in [0.717, 1.165) is 30.5 Å². The Morgan fingerprint density at radius 2 is 1.88 bits per heavy atom. The van der Waals surface area contributed by atoms with Crippen molar-refractivity contribution in [3.63, 3.8) is 0 Å². The summed E-state index contributed by atoms with van der Waals surface area (Å²) in [7, 11) is -3.52. The van der Waals surface area contributed by atoms with Gasteiger partial charge in [0.05, 0.1) is 5.75 Å². The first-order valence-corrected chi connectivity index (χ1v) is 10.6. The van der Waals surface area contributed by atoms with Gasteiger partial charge in [0.15, 0.2) is 0 Å². The van der Waals surface area contributed by atoms with Crippen molar-refractivity contribution in [1.82, 2.24) is 0 Å². The number of nitrogens with zero attached hydrogens (tertiary/aromatic N) is 1. The van der Waals surface area contributed by atoms with Gasteiger partial charge >= 0.3 is 0 Å². The molecule has 0 atom stereocenters. The maximum Gasteiger partial charge on any atom is 0.236 e. The van der Waals surface area contributed by atoms with Gasteiger partial charge in [-0.25, -0.2) is 8.42 Å². The van der Waals surface area contributed by atoms with Crippen LogP contribution in [-0.2, 0) is 27.0 Å². The van der Waals surface area contributed by atoms with Crippen LogP contribution in [0.5, 0.6) is 0 Å². The molecule has 1 amide bonds. The lowest BCUT2D eigenvalue weighted by molar-refractivity contribution is -0.119. The van der Waals surface area contributed by atoms with Gasteiger partial charge in [-0.05, 0) is 60.7 Å². The van der Waals surface area contributed by atoms with E-state index in [-0.39, 0.29) is 17.6 Å². The highest BCUT2D eigenvalue weighted by Gasteiger charge is 2.36. The molecule has 4 rings (SSSR count). The average Bonchev–Trinajstić information content (AvgIpc) is 3.36. The summed E-state index contributed by atoms with van der Waals surface area (Å²) >= 11 is 5.83. The van der Waals surface area contributed by atoms with E-state index in [9.17, 15) is 13.2 Å². The highest BCUT2D eigenvalue weighted by atomic mass is 35.5. The Hall–Kier alpha value is -2.05. The molecule has 0 saturated heterocycles. The predicted molar refractivity (Wildman–Crippen MR) is 103 cm³/mol. The Balaban J connectivity index is 1.48. The minimum absolute atomic E-state index is 0.118. The Labute approximate surface area is 158 Å². The zero-order valence-electron chi connectivity index (χ0n) is 14.1. The third kappa shape index (κ3) is 3.71. The quantitative estimate of drug-likeness (QED) is 0.848. The second-order valence-corrected chi connectivity index (χ2v) is 9.00. The molecule has 2 aromatic rings. The molecule has 2 aliphatic rings. The summed E-state index contributed by atoms with van der Waals surface area (Å²) in [4.78, 5) is 14.1. The van der Waals surface area contributed by atoms with Crippen LogP contribution >= 0.6 is 11.6 Å². The van der Waals surface area contributed by atoms with E-state index in [1.807, 2.05) is 17.0 Å². The number of sulfonamides is 1. The maximum absolute atomic E-state index is 12.4. The number of nitrogens with one attached hydrogen (secondary N) is 1. The highest BCUT2D eigenvalue weighted by molar-refractivity contribution is 7.91. The molecule has 136 valence electrons. The lowest BCUT2D eigenvalue weighted by Crippen LogP contribution is -2.30. The molecule has 0 spiro atoms. The van der Waals surface area contributed by atoms with E-state index in [1.165, 1.54) is 0 Å². The summed E-state index contributed by atoms with van der Waals surface area (Å²) in [6, 6.07) is 12.1. The van der Waals surface area contributed by atoms with Crippen molar-refractivity contribution in [1.29, 1.82) is 0 Å². The largest absolute Gasteiger partial charge is 0.312 e. The summed E-state index contributed by atoms with van der Waals surface area (Å²) in [6.45, 7) is 0.672. The van der Waals surface area contributed by atoms with Crippen molar-refractivity contribution in [3.8, 4) is 0 Å². The normalized spacial score (nSPS) is 16.4. The van der Waals surface area contributed by atoms with Crippen molar-refractivity contribution in [2.45, 2.75) is 25.0 Å². The SMILES string of the molecule is O=C(C1CC1)N1CCc2cc(NS(=O)(=O)Cc3ccc(Cl)cc3)ccc21. The number of fused-ring (bicyclic) bond motifs is 1. The molecule has 1 N–H and O–H groups in total. The second kappa shape index (κ2) is 6.59. The van der Waals surface area contributed by atoms with Gasteiger partial charge in [0.1, 0.15) is 0 Å². The minimum atomic E-state index is -3.52. The Kier molecular flexibility index (Phi) is 4.40. The molecule has 0 unspecified atom stereocenters. The van der Waals surface area contributed by atoms with Crippen LogP contribution in [0.4, 0.5) is 11.4 Å². The van der Waals surface area contributed by atoms with E-state index >= 15 is 0 Å². The first-order chi connectivity index (χ1) is 12.4. The molecule has 26 heavy (non-hydrogen) atoms. The zero-order chi connectivity index (χ0) is 18.3. The summed E-state index contributed by atoms with van der Waals surface area (Å²) in [6.07, 6.45) is 2.71. The van der Waals surface area contributed by atoms with E-state index in [4.69, 9.17) is 11.6 Å². The van der Waals surface area contributed by atoms with Crippen LogP contribution in [0, 0.1) is 5.92 Å². The van der Waals surface area contributed by atoms with E-state index in [2.05, 4.69) is 4.72 Å². The highest BCUT2D eigenvalue weighted by Crippen LogP contribution is 2.37. The molecule has 1 heterocycles.